The van der Waals surface area contributed by atoms with Crippen LogP contribution >= 0.6 is 7.60 Å². The van der Waals surface area contributed by atoms with Crippen molar-refractivity contribution in [3.8, 4) is 5.88 Å². The predicted molar refractivity (Wildman–Crippen MR) is 127 cm³/mol. The molecule has 2 N–H and O–H groups in total. The van der Waals surface area contributed by atoms with E-state index in [1.54, 1.807) is 10.9 Å². The number of methoxy groups -OCH3 is 1. The van der Waals surface area contributed by atoms with Crippen molar-refractivity contribution >= 4 is 24.7 Å². The average Bonchev–Trinajstić information content (AvgIpc) is 3.28. The highest BCUT2D eigenvalue weighted by Crippen LogP contribution is 2.49. The molecule has 0 unspecified atom stereocenters. The van der Waals surface area contributed by atoms with E-state index in [1.165, 1.54) is 7.11 Å². The van der Waals surface area contributed by atoms with Crippen LogP contribution in [0.25, 0.3) is 11.2 Å². The zero-order chi connectivity index (χ0) is 23.8. The van der Waals surface area contributed by atoms with Gasteiger partial charge in [0.25, 0.3) is 0 Å². The summed E-state index contributed by atoms with van der Waals surface area (Å²) in [5, 5.41) is 0. The summed E-state index contributed by atoms with van der Waals surface area (Å²) >= 11 is 0. The smallest absolute Gasteiger partial charge is 0.356 e. The maximum absolute atomic E-state index is 13.4. The number of imidazole rings is 1. The standard InChI is InChI=1S/C23H26N5O5P/c1-30-22-20-21(26-23(24)27-22)28(16-25-20)12-13-31-17-34(29,32-14-18-8-4-2-5-9-18)33-15-19-10-6-3-7-11-19/h2-11,16H,12-15,17H2,1H3,(H2,24,26,27). The monoisotopic (exact) mass is 483 g/mol. The first-order chi connectivity index (χ1) is 16.6. The number of rotatable bonds is 12. The highest BCUT2D eigenvalue weighted by molar-refractivity contribution is 7.53. The largest absolute Gasteiger partial charge is 0.479 e. The van der Waals surface area contributed by atoms with Crippen LogP contribution < -0.4 is 10.5 Å². The van der Waals surface area contributed by atoms with Gasteiger partial charge >= 0.3 is 7.60 Å². The highest BCUT2D eigenvalue weighted by Gasteiger charge is 2.26. The molecule has 0 amide bonds. The molecule has 0 aliphatic carbocycles. The molecule has 4 rings (SSSR count). The number of ether oxygens (including phenoxy) is 2. The first kappa shape index (κ1) is 23.8. The van der Waals surface area contributed by atoms with Gasteiger partial charge in [-0.05, 0) is 11.1 Å². The number of anilines is 1. The number of aromatic nitrogens is 4. The summed E-state index contributed by atoms with van der Waals surface area (Å²) in [5.74, 6) is 0.385. The molecule has 34 heavy (non-hydrogen) atoms. The van der Waals surface area contributed by atoms with E-state index >= 15 is 0 Å². The van der Waals surface area contributed by atoms with Crippen LogP contribution in [0.2, 0.25) is 0 Å². The van der Waals surface area contributed by atoms with Crippen LogP contribution in [0.3, 0.4) is 0 Å². The van der Waals surface area contributed by atoms with Crippen LogP contribution in [0.15, 0.2) is 67.0 Å². The minimum absolute atomic E-state index is 0.0835. The molecular weight excluding hydrogens is 457 g/mol. The molecule has 0 atom stereocenters. The van der Waals surface area contributed by atoms with Gasteiger partial charge < -0.3 is 28.8 Å². The van der Waals surface area contributed by atoms with Gasteiger partial charge in [-0.15, -0.1) is 0 Å². The zero-order valence-corrected chi connectivity index (χ0v) is 19.6. The average molecular weight is 483 g/mol. The fourth-order valence-electron chi connectivity index (χ4n) is 3.19. The first-order valence-corrected chi connectivity index (χ1v) is 12.4. The van der Waals surface area contributed by atoms with E-state index in [4.69, 9.17) is 24.3 Å². The van der Waals surface area contributed by atoms with Crippen LogP contribution in [0.5, 0.6) is 5.88 Å². The second kappa shape index (κ2) is 11.2. The summed E-state index contributed by atoms with van der Waals surface area (Å²) in [7, 11) is -2.05. The van der Waals surface area contributed by atoms with Gasteiger partial charge in [0.2, 0.25) is 11.8 Å². The molecule has 2 aromatic carbocycles. The SMILES string of the molecule is COc1nc(N)nc2c1ncn2CCOCP(=O)(OCc1ccccc1)OCc1ccccc1. The van der Waals surface area contributed by atoms with Crippen molar-refractivity contribution in [1.29, 1.82) is 0 Å². The Balaban J connectivity index is 1.38. The molecule has 0 aliphatic heterocycles. The van der Waals surface area contributed by atoms with E-state index in [-0.39, 0.29) is 32.1 Å². The lowest BCUT2D eigenvalue weighted by atomic mass is 10.2. The Kier molecular flexibility index (Phi) is 7.87. The Bertz CT molecular complexity index is 1210. The summed E-state index contributed by atoms with van der Waals surface area (Å²) < 4.78 is 37.6. The first-order valence-electron chi connectivity index (χ1n) is 10.6. The minimum Gasteiger partial charge on any atom is -0.479 e. The van der Waals surface area contributed by atoms with Crippen LogP contribution in [-0.2, 0) is 38.1 Å². The summed E-state index contributed by atoms with van der Waals surface area (Å²) in [6, 6.07) is 19.0. The van der Waals surface area contributed by atoms with Crippen molar-refractivity contribution in [2.24, 2.45) is 0 Å². The van der Waals surface area contributed by atoms with E-state index in [2.05, 4.69) is 15.0 Å². The number of nitrogens with two attached hydrogens (primary N) is 1. The molecule has 0 saturated heterocycles. The molecule has 0 radical (unpaired) electrons. The topological polar surface area (TPSA) is 124 Å². The lowest BCUT2D eigenvalue weighted by molar-refractivity contribution is 0.117. The third-order valence-corrected chi connectivity index (χ3v) is 6.45. The van der Waals surface area contributed by atoms with Gasteiger partial charge in [0.05, 0.1) is 33.3 Å². The van der Waals surface area contributed by atoms with E-state index in [1.807, 2.05) is 60.7 Å². The molecule has 2 aromatic heterocycles. The van der Waals surface area contributed by atoms with Gasteiger partial charge in [-0.25, -0.2) is 4.98 Å². The van der Waals surface area contributed by atoms with Crippen molar-refractivity contribution in [2.45, 2.75) is 19.8 Å². The van der Waals surface area contributed by atoms with Crippen LogP contribution in [0.1, 0.15) is 11.1 Å². The van der Waals surface area contributed by atoms with Gasteiger partial charge in [-0.2, -0.15) is 9.97 Å². The second-order valence-corrected chi connectivity index (χ2v) is 9.36. The van der Waals surface area contributed by atoms with Crippen LogP contribution in [0.4, 0.5) is 5.95 Å². The zero-order valence-electron chi connectivity index (χ0n) is 18.7. The summed E-state index contributed by atoms with van der Waals surface area (Å²) in [6.45, 7) is 0.926. The molecule has 4 aromatic rings. The Morgan fingerprint density at radius 1 is 0.941 bits per heavy atom. The Labute approximate surface area is 197 Å². The van der Waals surface area contributed by atoms with Gasteiger partial charge in [0.1, 0.15) is 6.35 Å². The number of nitrogen functional groups attached to an aromatic ring is 1. The van der Waals surface area contributed by atoms with Gasteiger partial charge in [0.15, 0.2) is 11.2 Å². The predicted octanol–water partition coefficient (Wildman–Crippen LogP) is 4.02. The third kappa shape index (κ3) is 6.18. The van der Waals surface area contributed by atoms with E-state index in [0.29, 0.717) is 23.6 Å². The fraction of sp³-hybridized carbons (Fsp3) is 0.261. The van der Waals surface area contributed by atoms with Crippen LogP contribution in [-0.4, -0.2) is 39.6 Å². The summed E-state index contributed by atoms with van der Waals surface area (Å²) in [4.78, 5) is 12.5. The van der Waals surface area contributed by atoms with Crippen molar-refractivity contribution in [3.05, 3.63) is 78.1 Å². The quantitative estimate of drug-likeness (QED) is 0.235. The molecule has 0 spiro atoms. The molecule has 0 fully saturated rings. The van der Waals surface area contributed by atoms with E-state index in [9.17, 15) is 4.57 Å². The van der Waals surface area contributed by atoms with Crippen molar-refractivity contribution < 1.29 is 23.1 Å². The molecule has 178 valence electrons. The van der Waals surface area contributed by atoms with E-state index in [0.717, 1.165) is 11.1 Å². The summed E-state index contributed by atoms with van der Waals surface area (Å²) in [6.07, 6.45) is 1.40. The lowest BCUT2D eigenvalue weighted by Crippen LogP contribution is -2.10. The van der Waals surface area contributed by atoms with Gasteiger partial charge in [-0.3, -0.25) is 4.57 Å². The third-order valence-electron chi connectivity index (χ3n) is 4.91. The molecule has 10 nitrogen and oxygen atoms in total. The van der Waals surface area contributed by atoms with Gasteiger partial charge in [-0.1, -0.05) is 60.7 Å². The second-order valence-electron chi connectivity index (χ2n) is 7.37. The van der Waals surface area contributed by atoms with E-state index < -0.39 is 7.60 Å². The molecule has 11 heteroatoms. The highest BCUT2D eigenvalue weighted by atomic mass is 31.2. The molecule has 0 aliphatic rings. The minimum atomic E-state index is -3.54. The number of benzene rings is 2. The lowest BCUT2D eigenvalue weighted by Gasteiger charge is -2.19. The van der Waals surface area contributed by atoms with Crippen LogP contribution in [0, 0.1) is 0 Å². The van der Waals surface area contributed by atoms with Crippen molar-refractivity contribution in [1.82, 2.24) is 19.5 Å². The summed E-state index contributed by atoms with van der Waals surface area (Å²) in [5.41, 5.74) is 8.56. The van der Waals surface area contributed by atoms with Gasteiger partial charge in [0, 0.05) is 6.54 Å². The molecule has 0 saturated carbocycles. The molecular formula is C23H26N5O5P. The maximum Gasteiger partial charge on any atom is 0.356 e. The van der Waals surface area contributed by atoms with Crippen molar-refractivity contribution in [3.63, 3.8) is 0 Å². The molecule has 0 bridgehead atoms. The fourth-order valence-corrected chi connectivity index (χ4v) is 4.45. The number of hydrogen-bond acceptors (Lipinski definition) is 9. The Hall–Kier alpha value is -3.30. The maximum atomic E-state index is 13.4. The molecule has 2 heterocycles. The Morgan fingerprint density at radius 2 is 1.56 bits per heavy atom. The normalized spacial score (nSPS) is 11.7. The van der Waals surface area contributed by atoms with Crippen molar-refractivity contribution in [2.75, 3.05) is 25.8 Å². The number of fused-ring (bicyclic) bond motifs is 1. The number of hydrogen-bond donors (Lipinski definition) is 1. The number of nitrogens with zero attached hydrogens (tertiary/aromatic N) is 4. The Morgan fingerprint density at radius 3 is 2.15 bits per heavy atom.